The van der Waals surface area contributed by atoms with Crippen molar-refractivity contribution in [2.24, 2.45) is 0 Å². The van der Waals surface area contributed by atoms with E-state index in [1.807, 2.05) is 11.8 Å². The SMILES string of the molecule is CC(C)(C)c1cc(-c2ccccc2)c(N2c3cc(-c4ccc5c(-c6ccccc6)c6ccccc6c(-c6ccccc6)c5c4)ccc3B3c4ccc(-c5ccccc5)cc4Sc4cc(C(C)(C)C)cc2c43)c(-c2ccccc2)c1. The predicted octanol–water partition coefficient (Wildman–Crippen LogP) is 19.4. The fourth-order valence-electron chi connectivity index (χ4n) is 12.6. The van der Waals surface area contributed by atoms with Crippen LogP contribution in [0.25, 0.3) is 88.3 Å². The molecule has 1 nitrogen and oxygen atoms in total. The van der Waals surface area contributed by atoms with Crippen LogP contribution in [0.15, 0.2) is 265 Å². The number of anilines is 3. The van der Waals surface area contributed by atoms with E-state index in [9.17, 15) is 0 Å². The first kappa shape index (κ1) is 48.7. The first-order valence-electron chi connectivity index (χ1n) is 27.8. The standard InChI is InChI=1S/C76H60BNS/c1-75(2,3)57-45-62(50-26-14-8-15-27-50)74(63(46-57)51-28-16-9-17-29-51)78-67-43-55(54-36-39-61-64(42-54)72(53-32-20-11-21-33-53)60-35-23-22-34-59(60)71(61)52-30-18-10-19-31-52)37-40-65(67)77-66-41-38-56(49-24-12-7-13-25-49)44-69(66)79-70-48-58(76(4,5)6)47-68(78)73(70)77/h7-48H,1-6H3. The first-order chi connectivity index (χ1) is 38.5. The van der Waals surface area contributed by atoms with Crippen molar-refractivity contribution in [3.8, 4) is 66.8 Å². The Morgan fingerprint density at radius 1 is 0.316 bits per heavy atom. The normalized spacial score (nSPS) is 12.8. The van der Waals surface area contributed by atoms with Gasteiger partial charge in [-0.05, 0) is 153 Å². The third-order valence-electron chi connectivity index (χ3n) is 16.6. The molecular formula is C76H60BNS. The van der Waals surface area contributed by atoms with Crippen LogP contribution in [-0.2, 0) is 10.8 Å². The molecule has 12 aromatic carbocycles. The Morgan fingerprint density at radius 2 is 0.747 bits per heavy atom. The van der Waals surface area contributed by atoms with E-state index in [0.29, 0.717) is 0 Å². The molecule has 12 aromatic rings. The van der Waals surface area contributed by atoms with Gasteiger partial charge in [0.25, 0.3) is 0 Å². The number of nitrogens with zero attached hydrogens (tertiary/aromatic N) is 1. The second-order valence-electron chi connectivity index (χ2n) is 23.6. The first-order valence-corrected chi connectivity index (χ1v) is 28.7. The molecule has 3 heteroatoms. The Kier molecular flexibility index (Phi) is 11.8. The highest BCUT2D eigenvalue weighted by molar-refractivity contribution is 8.00. The molecule has 2 aliphatic heterocycles. The highest BCUT2D eigenvalue weighted by Crippen LogP contribution is 2.53. The highest BCUT2D eigenvalue weighted by atomic mass is 32.2. The van der Waals surface area contributed by atoms with Crippen LogP contribution in [0, 0.1) is 0 Å². The van der Waals surface area contributed by atoms with Crippen LogP contribution in [0.1, 0.15) is 52.7 Å². The van der Waals surface area contributed by atoms with Crippen molar-refractivity contribution in [2.75, 3.05) is 4.90 Å². The van der Waals surface area contributed by atoms with Crippen LogP contribution < -0.4 is 21.3 Å². The molecule has 2 heterocycles. The number of hydrogen-bond acceptors (Lipinski definition) is 2. The van der Waals surface area contributed by atoms with E-state index < -0.39 is 0 Å². The van der Waals surface area contributed by atoms with Crippen molar-refractivity contribution in [3.05, 3.63) is 266 Å². The summed E-state index contributed by atoms with van der Waals surface area (Å²) in [6.45, 7) is 14.1. The summed E-state index contributed by atoms with van der Waals surface area (Å²) in [6.07, 6.45) is 0. The molecule has 2 aliphatic rings. The minimum atomic E-state index is -0.132. The van der Waals surface area contributed by atoms with Gasteiger partial charge >= 0.3 is 0 Å². The lowest BCUT2D eigenvalue weighted by Gasteiger charge is -2.43. The summed E-state index contributed by atoms with van der Waals surface area (Å²) in [7, 11) is 0. The number of rotatable bonds is 7. The van der Waals surface area contributed by atoms with Crippen molar-refractivity contribution in [3.63, 3.8) is 0 Å². The van der Waals surface area contributed by atoms with Gasteiger partial charge < -0.3 is 4.90 Å². The number of fused-ring (bicyclic) bond motifs is 6. The largest absolute Gasteiger partial charge is 0.310 e. The molecule has 0 saturated carbocycles. The molecule has 0 atom stereocenters. The lowest BCUT2D eigenvalue weighted by Crippen LogP contribution is -2.60. The molecule has 14 rings (SSSR count). The summed E-state index contributed by atoms with van der Waals surface area (Å²) >= 11 is 1.94. The summed E-state index contributed by atoms with van der Waals surface area (Å²) in [6, 6.07) is 96.0. The summed E-state index contributed by atoms with van der Waals surface area (Å²) in [4.78, 5) is 5.33. The van der Waals surface area contributed by atoms with Crippen molar-refractivity contribution in [1.82, 2.24) is 0 Å². The number of benzene rings is 12. The lowest BCUT2D eigenvalue weighted by molar-refractivity contribution is 0.589. The molecule has 0 saturated heterocycles. The van der Waals surface area contributed by atoms with Crippen LogP contribution in [0.3, 0.4) is 0 Å². The Morgan fingerprint density at radius 3 is 1.29 bits per heavy atom. The Balaban J connectivity index is 1.09. The van der Waals surface area contributed by atoms with Gasteiger partial charge in [0.2, 0.25) is 6.71 Å². The summed E-state index contributed by atoms with van der Waals surface area (Å²) in [5, 5.41) is 4.99. The van der Waals surface area contributed by atoms with Crippen molar-refractivity contribution < 1.29 is 0 Å². The van der Waals surface area contributed by atoms with E-state index in [1.165, 1.54) is 143 Å². The Hall–Kier alpha value is -8.63. The van der Waals surface area contributed by atoms with Crippen molar-refractivity contribution >= 4 is 73.5 Å². The smallest absolute Gasteiger partial charge is 0.249 e. The maximum Gasteiger partial charge on any atom is 0.249 e. The quantitative estimate of drug-likeness (QED) is 0.116. The molecular weight excluding hydrogens is 970 g/mol. The maximum absolute atomic E-state index is 2.70. The van der Waals surface area contributed by atoms with Gasteiger partial charge in [-0.1, -0.05) is 271 Å². The second kappa shape index (κ2) is 19.1. The van der Waals surface area contributed by atoms with E-state index in [0.717, 1.165) is 0 Å². The zero-order valence-electron chi connectivity index (χ0n) is 45.7. The predicted molar refractivity (Wildman–Crippen MR) is 341 cm³/mol. The zero-order valence-corrected chi connectivity index (χ0v) is 46.5. The molecule has 0 bridgehead atoms. The van der Waals surface area contributed by atoms with E-state index >= 15 is 0 Å². The molecule has 79 heavy (non-hydrogen) atoms. The van der Waals surface area contributed by atoms with Gasteiger partial charge in [-0.25, -0.2) is 0 Å². The Labute approximate surface area is 470 Å². The van der Waals surface area contributed by atoms with Gasteiger partial charge in [0.05, 0.1) is 5.69 Å². The van der Waals surface area contributed by atoms with Gasteiger partial charge in [-0.3, -0.25) is 0 Å². The minimum Gasteiger partial charge on any atom is -0.310 e. The Bertz CT molecular complexity index is 4270. The fraction of sp³-hybridized carbons (Fsp3) is 0.105. The third-order valence-corrected chi connectivity index (χ3v) is 17.7. The van der Waals surface area contributed by atoms with Crippen LogP contribution >= 0.6 is 11.8 Å². The van der Waals surface area contributed by atoms with Crippen molar-refractivity contribution in [1.29, 1.82) is 0 Å². The molecule has 0 amide bonds. The summed E-state index contributed by atoms with van der Waals surface area (Å²) in [5.41, 5.74) is 24.6. The molecule has 0 spiro atoms. The average Bonchev–Trinajstić information content (AvgIpc) is 2.82. The van der Waals surface area contributed by atoms with Crippen LogP contribution in [-0.4, -0.2) is 6.71 Å². The van der Waals surface area contributed by atoms with E-state index in [4.69, 9.17) is 0 Å². The molecule has 0 aromatic heterocycles. The highest BCUT2D eigenvalue weighted by Gasteiger charge is 2.43. The molecule has 0 unspecified atom stereocenters. The molecule has 378 valence electrons. The molecule has 0 N–H and O–H groups in total. The number of hydrogen-bond donors (Lipinski definition) is 0. The van der Waals surface area contributed by atoms with E-state index in [-0.39, 0.29) is 17.5 Å². The van der Waals surface area contributed by atoms with Gasteiger partial charge in [0.1, 0.15) is 0 Å². The topological polar surface area (TPSA) is 3.24 Å². The zero-order chi connectivity index (χ0) is 53.6. The van der Waals surface area contributed by atoms with Gasteiger partial charge in [0.15, 0.2) is 0 Å². The van der Waals surface area contributed by atoms with Gasteiger partial charge in [-0.2, -0.15) is 0 Å². The summed E-state index contributed by atoms with van der Waals surface area (Å²) < 4.78 is 0. The van der Waals surface area contributed by atoms with Gasteiger partial charge in [-0.15, -0.1) is 0 Å². The third kappa shape index (κ3) is 8.42. The lowest BCUT2D eigenvalue weighted by atomic mass is 9.34. The fourth-order valence-corrected chi connectivity index (χ4v) is 13.8. The summed E-state index contributed by atoms with van der Waals surface area (Å²) in [5.74, 6) is 0. The average molecular weight is 1030 g/mol. The van der Waals surface area contributed by atoms with Crippen LogP contribution in [0.5, 0.6) is 0 Å². The van der Waals surface area contributed by atoms with Crippen LogP contribution in [0.4, 0.5) is 17.1 Å². The minimum absolute atomic E-state index is 0.00401. The van der Waals surface area contributed by atoms with E-state index in [2.05, 4.69) is 301 Å². The monoisotopic (exact) mass is 1030 g/mol. The van der Waals surface area contributed by atoms with E-state index in [1.54, 1.807) is 0 Å². The second-order valence-corrected chi connectivity index (χ2v) is 24.7. The van der Waals surface area contributed by atoms with Crippen LogP contribution in [0.2, 0.25) is 0 Å². The maximum atomic E-state index is 2.70. The molecule has 0 fully saturated rings. The molecule has 0 aliphatic carbocycles. The molecule has 0 radical (unpaired) electrons. The van der Waals surface area contributed by atoms with Gasteiger partial charge in [0, 0.05) is 32.3 Å². The van der Waals surface area contributed by atoms with Crippen molar-refractivity contribution in [2.45, 2.75) is 62.2 Å².